The van der Waals surface area contributed by atoms with Crippen LogP contribution in [0.4, 0.5) is 0 Å². The molecule has 0 aromatic rings. The van der Waals surface area contributed by atoms with Gasteiger partial charge in [-0.2, -0.15) is 5.26 Å². The van der Waals surface area contributed by atoms with Crippen LogP contribution in [-0.4, -0.2) is 50.3 Å². The molecule has 1 unspecified atom stereocenters. The number of nitrogens with zero attached hydrogens (tertiary/aromatic N) is 2. The summed E-state index contributed by atoms with van der Waals surface area (Å²) in [5, 5.41) is 8.96. The summed E-state index contributed by atoms with van der Waals surface area (Å²) in [5.41, 5.74) is -0.362. The Morgan fingerprint density at radius 2 is 2.35 bits per heavy atom. The molecule has 0 N–H and O–H groups in total. The smallest absolute Gasteiger partial charge is 0.325 e. The molecule has 5 nitrogen and oxygen atoms in total. The Morgan fingerprint density at radius 1 is 1.65 bits per heavy atom. The molecule has 1 saturated heterocycles. The number of esters is 1. The Morgan fingerprint density at radius 3 is 2.94 bits per heavy atom. The second-order valence-electron chi connectivity index (χ2n) is 4.90. The van der Waals surface area contributed by atoms with Crippen LogP contribution in [0, 0.1) is 16.7 Å². The molecule has 1 aliphatic heterocycles. The molecule has 1 atom stereocenters. The lowest BCUT2D eigenvalue weighted by molar-refractivity contribution is -0.153. The predicted molar refractivity (Wildman–Crippen MR) is 62.2 cm³/mol. The van der Waals surface area contributed by atoms with Gasteiger partial charge in [-0.1, -0.05) is 0 Å². The Balaban J connectivity index is 2.55. The standard InChI is InChI=1S/C12H20N2O3/c1-12(2,9-13)4-5-14-6-7-17-8-10(14)11(15)16-3/h10H,4-8H2,1-3H3. The van der Waals surface area contributed by atoms with Gasteiger partial charge in [0, 0.05) is 13.1 Å². The molecule has 96 valence electrons. The molecular formula is C12H20N2O3. The molecule has 1 fully saturated rings. The van der Waals surface area contributed by atoms with Gasteiger partial charge < -0.3 is 9.47 Å². The summed E-state index contributed by atoms with van der Waals surface area (Å²) in [7, 11) is 1.38. The minimum absolute atomic E-state index is 0.264. The molecule has 0 aliphatic carbocycles. The molecule has 17 heavy (non-hydrogen) atoms. The van der Waals surface area contributed by atoms with Crippen LogP contribution in [0.2, 0.25) is 0 Å². The third-order valence-electron chi connectivity index (χ3n) is 3.04. The average molecular weight is 240 g/mol. The third kappa shape index (κ3) is 3.99. The highest BCUT2D eigenvalue weighted by molar-refractivity contribution is 5.75. The lowest BCUT2D eigenvalue weighted by Gasteiger charge is -2.34. The fraction of sp³-hybridized carbons (Fsp3) is 0.833. The number of methoxy groups -OCH3 is 1. The fourth-order valence-electron chi connectivity index (χ4n) is 1.74. The number of carbonyl (C=O) groups excluding carboxylic acids is 1. The molecule has 1 aliphatic rings. The van der Waals surface area contributed by atoms with Crippen LogP contribution in [0.5, 0.6) is 0 Å². The third-order valence-corrected chi connectivity index (χ3v) is 3.04. The predicted octanol–water partition coefficient (Wildman–Crippen LogP) is 0.800. The number of carbonyl (C=O) groups is 1. The van der Waals surface area contributed by atoms with Gasteiger partial charge in [0.25, 0.3) is 0 Å². The quantitative estimate of drug-likeness (QED) is 0.680. The van der Waals surface area contributed by atoms with Crippen molar-refractivity contribution >= 4 is 5.97 Å². The van der Waals surface area contributed by atoms with Crippen LogP contribution in [0.25, 0.3) is 0 Å². The largest absolute Gasteiger partial charge is 0.468 e. The summed E-state index contributed by atoms with van der Waals surface area (Å²) in [4.78, 5) is 13.6. The molecule has 0 spiro atoms. The molecule has 1 heterocycles. The first-order valence-electron chi connectivity index (χ1n) is 5.81. The normalized spacial score (nSPS) is 21.9. The first-order valence-corrected chi connectivity index (χ1v) is 5.81. The van der Waals surface area contributed by atoms with Crippen molar-refractivity contribution in [3.63, 3.8) is 0 Å². The van der Waals surface area contributed by atoms with E-state index in [1.54, 1.807) is 0 Å². The van der Waals surface area contributed by atoms with Gasteiger partial charge >= 0.3 is 5.97 Å². The van der Waals surface area contributed by atoms with Gasteiger partial charge in [-0.3, -0.25) is 9.69 Å². The highest BCUT2D eigenvalue weighted by Crippen LogP contribution is 2.20. The maximum Gasteiger partial charge on any atom is 0.325 e. The first-order chi connectivity index (χ1) is 8.00. The van der Waals surface area contributed by atoms with E-state index in [1.165, 1.54) is 7.11 Å². The number of rotatable bonds is 4. The molecule has 0 radical (unpaired) electrons. The molecule has 0 amide bonds. The van der Waals surface area contributed by atoms with E-state index in [0.717, 1.165) is 6.42 Å². The summed E-state index contributed by atoms with van der Waals surface area (Å²) in [6.45, 7) is 6.23. The Bertz CT molecular complexity index is 309. The lowest BCUT2D eigenvalue weighted by atomic mass is 9.91. The van der Waals surface area contributed by atoms with E-state index in [9.17, 15) is 4.79 Å². The van der Waals surface area contributed by atoms with Crippen LogP contribution in [0.1, 0.15) is 20.3 Å². The van der Waals surface area contributed by atoms with Crippen molar-refractivity contribution in [2.75, 3.05) is 33.4 Å². The summed E-state index contributed by atoms with van der Waals surface area (Å²) in [5.74, 6) is -0.264. The molecular weight excluding hydrogens is 220 g/mol. The number of hydrogen-bond acceptors (Lipinski definition) is 5. The first kappa shape index (κ1) is 13.9. The average Bonchev–Trinajstić information content (AvgIpc) is 2.36. The van der Waals surface area contributed by atoms with Crippen molar-refractivity contribution in [1.29, 1.82) is 5.26 Å². The van der Waals surface area contributed by atoms with Crippen LogP contribution in [0.15, 0.2) is 0 Å². The second kappa shape index (κ2) is 5.99. The van der Waals surface area contributed by atoms with Gasteiger partial charge in [0.15, 0.2) is 0 Å². The minimum Gasteiger partial charge on any atom is -0.468 e. The van der Waals surface area contributed by atoms with Gasteiger partial charge in [-0.25, -0.2) is 0 Å². The van der Waals surface area contributed by atoms with Gasteiger partial charge in [0.05, 0.1) is 31.8 Å². The minimum atomic E-state index is -0.362. The van der Waals surface area contributed by atoms with Crippen molar-refractivity contribution in [2.45, 2.75) is 26.3 Å². The maximum absolute atomic E-state index is 11.6. The summed E-state index contributed by atoms with van der Waals surface area (Å²) in [6.07, 6.45) is 0.733. The van der Waals surface area contributed by atoms with Crippen molar-refractivity contribution in [3.05, 3.63) is 0 Å². The number of ether oxygens (including phenoxy) is 2. The van der Waals surface area contributed by atoms with E-state index in [2.05, 4.69) is 6.07 Å². The number of nitriles is 1. The van der Waals surface area contributed by atoms with E-state index >= 15 is 0 Å². The van der Waals surface area contributed by atoms with E-state index in [4.69, 9.17) is 14.7 Å². The summed E-state index contributed by atoms with van der Waals surface area (Å²) >= 11 is 0. The Kier molecular flexibility index (Phi) is 4.91. The topological polar surface area (TPSA) is 62.6 Å². The Labute approximate surface area is 102 Å². The van der Waals surface area contributed by atoms with Gasteiger partial charge in [0.1, 0.15) is 6.04 Å². The van der Waals surface area contributed by atoms with E-state index in [-0.39, 0.29) is 17.4 Å². The molecule has 5 heteroatoms. The highest BCUT2D eigenvalue weighted by Gasteiger charge is 2.31. The van der Waals surface area contributed by atoms with E-state index in [1.807, 2.05) is 18.7 Å². The Hall–Kier alpha value is -1.12. The summed E-state index contributed by atoms with van der Waals surface area (Å²) < 4.78 is 10.0. The molecule has 0 aromatic heterocycles. The molecule has 1 rings (SSSR count). The number of morpholine rings is 1. The molecule has 0 bridgehead atoms. The zero-order chi connectivity index (χ0) is 12.9. The summed E-state index contributed by atoms with van der Waals surface area (Å²) in [6, 6.07) is 1.93. The van der Waals surface area contributed by atoms with Crippen LogP contribution in [0.3, 0.4) is 0 Å². The fourth-order valence-corrected chi connectivity index (χ4v) is 1.74. The van der Waals surface area contributed by atoms with Crippen molar-refractivity contribution in [2.24, 2.45) is 5.41 Å². The van der Waals surface area contributed by atoms with E-state index in [0.29, 0.717) is 26.3 Å². The van der Waals surface area contributed by atoms with Gasteiger partial charge in [-0.15, -0.1) is 0 Å². The van der Waals surface area contributed by atoms with Crippen molar-refractivity contribution < 1.29 is 14.3 Å². The van der Waals surface area contributed by atoms with E-state index < -0.39 is 0 Å². The van der Waals surface area contributed by atoms with Crippen molar-refractivity contribution in [3.8, 4) is 6.07 Å². The van der Waals surface area contributed by atoms with Gasteiger partial charge in [-0.05, 0) is 20.3 Å². The monoisotopic (exact) mass is 240 g/mol. The zero-order valence-electron chi connectivity index (χ0n) is 10.7. The van der Waals surface area contributed by atoms with Crippen molar-refractivity contribution in [1.82, 2.24) is 4.90 Å². The second-order valence-corrected chi connectivity index (χ2v) is 4.90. The van der Waals surface area contributed by atoms with Crippen LogP contribution >= 0.6 is 0 Å². The van der Waals surface area contributed by atoms with Crippen LogP contribution < -0.4 is 0 Å². The maximum atomic E-state index is 11.6. The van der Waals surface area contributed by atoms with Gasteiger partial charge in [0.2, 0.25) is 0 Å². The molecule has 0 aromatic carbocycles. The number of hydrogen-bond donors (Lipinski definition) is 0. The lowest BCUT2D eigenvalue weighted by Crippen LogP contribution is -2.51. The molecule has 0 saturated carbocycles. The zero-order valence-corrected chi connectivity index (χ0v) is 10.7. The van der Waals surface area contributed by atoms with Crippen LogP contribution in [-0.2, 0) is 14.3 Å². The highest BCUT2D eigenvalue weighted by atomic mass is 16.5. The SMILES string of the molecule is COC(=O)C1COCCN1CCC(C)(C)C#N.